The quantitative estimate of drug-likeness (QED) is 0.788. The van der Waals surface area contributed by atoms with Crippen LogP contribution in [0.15, 0.2) is 36.5 Å². The van der Waals surface area contributed by atoms with Crippen LogP contribution in [0.2, 0.25) is 0 Å². The Morgan fingerprint density at radius 3 is 2.60 bits per heavy atom. The van der Waals surface area contributed by atoms with Crippen molar-refractivity contribution in [3.05, 3.63) is 53.5 Å². The average Bonchev–Trinajstić information content (AvgIpc) is 2.38. The van der Waals surface area contributed by atoms with Crippen molar-refractivity contribution in [2.75, 3.05) is 5.32 Å². The van der Waals surface area contributed by atoms with Crippen LogP contribution in [0.5, 0.6) is 0 Å². The van der Waals surface area contributed by atoms with Gasteiger partial charge < -0.3 is 16.2 Å². The number of hydrogen-bond donors (Lipinski definition) is 3. The zero-order chi connectivity index (χ0) is 14.7. The summed E-state index contributed by atoms with van der Waals surface area (Å²) >= 11 is 0. The van der Waals surface area contributed by atoms with Crippen LogP contribution in [0, 0.1) is 5.82 Å². The van der Waals surface area contributed by atoms with Crippen LogP contribution >= 0.6 is 0 Å². The summed E-state index contributed by atoms with van der Waals surface area (Å²) in [5.41, 5.74) is 5.16. The number of nitrogens with one attached hydrogen (secondary N) is 1. The Hall–Kier alpha value is -2.96. The molecule has 20 heavy (non-hydrogen) atoms. The van der Waals surface area contributed by atoms with Crippen LogP contribution < -0.4 is 11.1 Å². The lowest BCUT2D eigenvalue weighted by Crippen LogP contribution is -2.14. The molecule has 0 aliphatic heterocycles. The Kier molecular flexibility index (Phi) is 3.60. The molecule has 0 saturated carbocycles. The molecule has 0 aliphatic carbocycles. The van der Waals surface area contributed by atoms with Crippen LogP contribution in [0.4, 0.5) is 15.9 Å². The van der Waals surface area contributed by atoms with Crippen molar-refractivity contribution < 1.29 is 19.1 Å². The second-order valence-corrected chi connectivity index (χ2v) is 3.89. The number of nitrogens with zero attached hydrogens (tertiary/aromatic N) is 1. The predicted octanol–water partition coefficient (Wildman–Crippen LogP) is 1.76. The summed E-state index contributed by atoms with van der Waals surface area (Å²) in [7, 11) is 0. The second-order valence-electron chi connectivity index (χ2n) is 3.89. The topological polar surface area (TPSA) is 105 Å². The number of carbonyl (C=O) groups excluding carboxylic acids is 1. The summed E-state index contributed by atoms with van der Waals surface area (Å²) in [6, 6.07) is 6.50. The number of primary amides is 1. The Morgan fingerprint density at radius 1 is 1.25 bits per heavy atom. The van der Waals surface area contributed by atoms with Crippen molar-refractivity contribution in [2.24, 2.45) is 5.73 Å². The van der Waals surface area contributed by atoms with Crippen LogP contribution in [-0.4, -0.2) is 22.0 Å². The summed E-state index contributed by atoms with van der Waals surface area (Å²) in [6.45, 7) is 0. The van der Waals surface area contributed by atoms with Crippen LogP contribution in [0.3, 0.4) is 0 Å². The zero-order valence-corrected chi connectivity index (χ0v) is 10.1. The molecule has 4 N–H and O–H groups in total. The number of aromatic carboxylic acids is 1. The van der Waals surface area contributed by atoms with Gasteiger partial charge in [0.15, 0.2) is 0 Å². The van der Waals surface area contributed by atoms with Gasteiger partial charge in [-0.15, -0.1) is 0 Å². The van der Waals surface area contributed by atoms with E-state index in [0.29, 0.717) is 0 Å². The summed E-state index contributed by atoms with van der Waals surface area (Å²) < 4.78 is 13.5. The van der Waals surface area contributed by atoms with E-state index in [0.717, 1.165) is 12.1 Å². The minimum absolute atomic E-state index is 0.148. The van der Waals surface area contributed by atoms with Crippen molar-refractivity contribution in [1.82, 2.24) is 4.98 Å². The van der Waals surface area contributed by atoms with Crippen LogP contribution in [-0.2, 0) is 0 Å². The normalized spacial score (nSPS) is 10.1. The Bertz CT molecular complexity index is 688. The van der Waals surface area contributed by atoms with Gasteiger partial charge in [-0.05, 0) is 30.3 Å². The van der Waals surface area contributed by atoms with E-state index in [4.69, 9.17) is 10.8 Å². The number of aromatic nitrogens is 1. The molecule has 0 saturated heterocycles. The molecule has 1 heterocycles. The van der Waals surface area contributed by atoms with Crippen molar-refractivity contribution in [2.45, 2.75) is 0 Å². The molecule has 0 bridgehead atoms. The highest BCUT2D eigenvalue weighted by molar-refractivity contribution is 5.98. The highest BCUT2D eigenvalue weighted by Crippen LogP contribution is 2.20. The van der Waals surface area contributed by atoms with Crippen molar-refractivity contribution >= 4 is 23.4 Å². The van der Waals surface area contributed by atoms with Gasteiger partial charge in [-0.3, -0.25) is 4.79 Å². The van der Waals surface area contributed by atoms with E-state index < -0.39 is 23.3 Å². The SMILES string of the molecule is NC(=O)c1cccnc1Nc1ccc(C(=O)O)c(F)c1. The number of amides is 1. The van der Waals surface area contributed by atoms with Gasteiger partial charge in [0.05, 0.1) is 11.1 Å². The van der Waals surface area contributed by atoms with E-state index in [9.17, 15) is 14.0 Å². The molecule has 2 rings (SSSR count). The van der Waals surface area contributed by atoms with Gasteiger partial charge in [0, 0.05) is 11.9 Å². The smallest absolute Gasteiger partial charge is 0.338 e. The van der Waals surface area contributed by atoms with E-state index in [2.05, 4.69) is 10.3 Å². The molecule has 7 heteroatoms. The van der Waals surface area contributed by atoms with Crippen molar-refractivity contribution in [3.8, 4) is 0 Å². The zero-order valence-electron chi connectivity index (χ0n) is 10.1. The number of anilines is 2. The fourth-order valence-electron chi connectivity index (χ4n) is 1.61. The molecule has 0 atom stereocenters. The number of pyridine rings is 1. The van der Waals surface area contributed by atoms with Gasteiger partial charge in [-0.1, -0.05) is 0 Å². The highest BCUT2D eigenvalue weighted by Gasteiger charge is 2.12. The van der Waals surface area contributed by atoms with Crippen molar-refractivity contribution in [1.29, 1.82) is 0 Å². The Balaban J connectivity index is 2.34. The molecule has 6 nitrogen and oxygen atoms in total. The van der Waals surface area contributed by atoms with Gasteiger partial charge >= 0.3 is 5.97 Å². The number of rotatable bonds is 4. The summed E-state index contributed by atoms with van der Waals surface area (Å²) in [5.74, 6) is -2.76. The maximum Gasteiger partial charge on any atom is 0.338 e. The number of carboxylic acids is 1. The van der Waals surface area contributed by atoms with E-state index in [-0.39, 0.29) is 17.1 Å². The molecule has 0 aliphatic rings. The van der Waals surface area contributed by atoms with E-state index in [1.165, 1.54) is 18.3 Å². The van der Waals surface area contributed by atoms with Crippen molar-refractivity contribution in [3.63, 3.8) is 0 Å². The minimum Gasteiger partial charge on any atom is -0.478 e. The monoisotopic (exact) mass is 275 g/mol. The number of halogens is 1. The molecule has 0 radical (unpaired) electrons. The third-order valence-corrected chi connectivity index (χ3v) is 2.54. The summed E-state index contributed by atoms with van der Waals surface area (Å²) in [5, 5.41) is 11.4. The fraction of sp³-hybridized carbons (Fsp3) is 0. The maximum atomic E-state index is 13.5. The number of carbonyl (C=O) groups is 2. The largest absolute Gasteiger partial charge is 0.478 e. The Labute approximate surface area is 113 Å². The molecular weight excluding hydrogens is 265 g/mol. The van der Waals surface area contributed by atoms with Gasteiger partial charge in [0.1, 0.15) is 11.6 Å². The first kappa shape index (κ1) is 13.5. The molecule has 1 amide bonds. The van der Waals surface area contributed by atoms with Gasteiger partial charge in [-0.25, -0.2) is 14.2 Å². The second kappa shape index (κ2) is 5.35. The molecule has 102 valence electrons. The third kappa shape index (κ3) is 2.72. The van der Waals surface area contributed by atoms with Gasteiger partial charge in [0.25, 0.3) is 5.91 Å². The first-order valence-electron chi connectivity index (χ1n) is 5.53. The first-order chi connectivity index (χ1) is 9.49. The molecule has 0 spiro atoms. The molecular formula is C13H10FN3O3. The summed E-state index contributed by atoms with van der Waals surface area (Å²) in [4.78, 5) is 25.8. The van der Waals surface area contributed by atoms with Crippen LogP contribution in [0.25, 0.3) is 0 Å². The standard InChI is InChI=1S/C13H10FN3O3/c14-10-6-7(3-4-8(10)13(19)20)17-12-9(11(15)18)2-1-5-16-12/h1-6H,(H2,15,18)(H,16,17)(H,19,20). The average molecular weight is 275 g/mol. The van der Waals surface area contributed by atoms with E-state index in [1.54, 1.807) is 6.07 Å². The maximum absolute atomic E-state index is 13.5. The third-order valence-electron chi connectivity index (χ3n) is 2.54. The molecule has 1 aromatic heterocycles. The lowest BCUT2D eigenvalue weighted by Gasteiger charge is -2.09. The van der Waals surface area contributed by atoms with Crippen LogP contribution in [0.1, 0.15) is 20.7 Å². The number of carboxylic acid groups (broad SMARTS) is 1. The highest BCUT2D eigenvalue weighted by atomic mass is 19.1. The van der Waals surface area contributed by atoms with E-state index in [1.807, 2.05) is 0 Å². The van der Waals surface area contributed by atoms with Gasteiger partial charge in [-0.2, -0.15) is 0 Å². The fourth-order valence-corrected chi connectivity index (χ4v) is 1.61. The number of hydrogen-bond acceptors (Lipinski definition) is 4. The van der Waals surface area contributed by atoms with Gasteiger partial charge in [0.2, 0.25) is 0 Å². The molecule has 1 aromatic carbocycles. The summed E-state index contributed by atoms with van der Waals surface area (Å²) in [6.07, 6.45) is 1.44. The Morgan fingerprint density at radius 2 is 2.00 bits per heavy atom. The van der Waals surface area contributed by atoms with E-state index >= 15 is 0 Å². The lowest BCUT2D eigenvalue weighted by molar-refractivity contribution is 0.0691. The number of nitrogens with two attached hydrogens (primary N) is 1. The molecule has 2 aromatic rings. The first-order valence-corrected chi connectivity index (χ1v) is 5.53. The molecule has 0 unspecified atom stereocenters. The lowest BCUT2D eigenvalue weighted by atomic mass is 10.2. The molecule has 0 fully saturated rings. The predicted molar refractivity (Wildman–Crippen MR) is 69.4 cm³/mol. The number of benzene rings is 1. The minimum atomic E-state index is -1.36.